The number of nitrogens with one attached hydrogen (secondary N) is 2. The van der Waals surface area contributed by atoms with Crippen molar-refractivity contribution in [2.24, 2.45) is 5.16 Å². The Morgan fingerprint density at radius 1 is 1.11 bits per heavy atom. The Bertz CT molecular complexity index is 245. The largest absolute Gasteiger partial charge is 0.411 e. The Labute approximate surface area is 116 Å². The van der Waals surface area contributed by atoms with Crippen LogP contribution in [0.3, 0.4) is 0 Å². The summed E-state index contributed by atoms with van der Waals surface area (Å²) in [6.07, 6.45) is 6.48. The molecule has 0 atom stereocenters. The number of carbonyl (C=O) groups excluding carboxylic acids is 1. The van der Waals surface area contributed by atoms with Crippen molar-refractivity contribution in [1.29, 1.82) is 0 Å². The second-order valence-electron chi connectivity index (χ2n) is 4.86. The first-order valence-electron chi connectivity index (χ1n) is 6.97. The van der Waals surface area contributed by atoms with E-state index in [0.717, 1.165) is 38.7 Å². The van der Waals surface area contributed by atoms with Gasteiger partial charge in [0, 0.05) is 6.54 Å². The molecule has 0 aliphatic heterocycles. The maximum atomic E-state index is 10.9. The first-order chi connectivity index (χ1) is 9.16. The second-order valence-corrected chi connectivity index (χ2v) is 4.86. The van der Waals surface area contributed by atoms with Gasteiger partial charge in [0.15, 0.2) is 0 Å². The third-order valence-electron chi connectivity index (χ3n) is 2.71. The van der Waals surface area contributed by atoms with Crippen molar-refractivity contribution in [1.82, 2.24) is 15.5 Å². The summed E-state index contributed by atoms with van der Waals surface area (Å²) in [5, 5.41) is 16.9. The lowest BCUT2D eigenvalue weighted by molar-refractivity contribution is -0.114. The van der Waals surface area contributed by atoms with E-state index in [1.807, 2.05) is 0 Å². The average Bonchev–Trinajstić information content (AvgIpc) is 2.36. The fourth-order valence-corrected chi connectivity index (χ4v) is 1.68. The normalized spacial score (nSPS) is 11.3. The molecule has 19 heavy (non-hydrogen) atoms. The van der Waals surface area contributed by atoms with Crippen molar-refractivity contribution in [3.63, 3.8) is 0 Å². The lowest BCUT2D eigenvalue weighted by atomic mass is 10.2. The Hall–Kier alpha value is -1.14. The summed E-state index contributed by atoms with van der Waals surface area (Å²) < 4.78 is 0. The number of rotatable bonds is 12. The SMILES string of the molecule is CN(C)CCCNCCCCCCNC(=O)C=NO. The fourth-order valence-electron chi connectivity index (χ4n) is 1.68. The summed E-state index contributed by atoms with van der Waals surface area (Å²) in [5.41, 5.74) is 0. The summed E-state index contributed by atoms with van der Waals surface area (Å²) in [7, 11) is 4.18. The summed E-state index contributed by atoms with van der Waals surface area (Å²) in [4.78, 5) is 13.1. The highest BCUT2D eigenvalue weighted by atomic mass is 16.4. The van der Waals surface area contributed by atoms with Gasteiger partial charge < -0.3 is 20.7 Å². The molecule has 0 spiro atoms. The summed E-state index contributed by atoms with van der Waals surface area (Å²) >= 11 is 0. The molecule has 0 unspecified atom stereocenters. The molecule has 0 bridgehead atoms. The topological polar surface area (TPSA) is 77.0 Å². The fraction of sp³-hybridized carbons (Fsp3) is 0.846. The molecule has 6 heteroatoms. The van der Waals surface area contributed by atoms with Gasteiger partial charge in [-0.25, -0.2) is 0 Å². The van der Waals surface area contributed by atoms with Crippen molar-refractivity contribution in [2.75, 3.05) is 40.3 Å². The lowest BCUT2D eigenvalue weighted by Gasteiger charge is -2.09. The third kappa shape index (κ3) is 14.8. The van der Waals surface area contributed by atoms with E-state index < -0.39 is 0 Å². The summed E-state index contributed by atoms with van der Waals surface area (Å²) in [6, 6.07) is 0. The van der Waals surface area contributed by atoms with Gasteiger partial charge >= 0.3 is 0 Å². The van der Waals surface area contributed by atoms with Crippen molar-refractivity contribution < 1.29 is 10.0 Å². The van der Waals surface area contributed by atoms with Crippen molar-refractivity contribution in [2.45, 2.75) is 32.1 Å². The molecule has 0 aromatic rings. The van der Waals surface area contributed by atoms with Crippen LogP contribution in [0.25, 0.3) is 0 Å². The minimum Gasteiger partial charge on any atom is -0.411 e. The zero-order valence-electron chi connectivity index (χ0n) is 12.2. The number of hydrogen-bond donors (Lipinski definition) is 3. The van der Waals surface area contributed by atoms with Gasteiger partial charge in [-0.15, -0.1) is 0 Å². The molecule has 1 amide bonds. The standard InChI is InChI=1S/C13H28N4O2/c1-17(2)11-7-9-14-8-5-3-4-6-10-15-13(18)12-16-19/h12,14,19H,3-11H2,1-2H3,(H,15,18). The van der Waals surface area contributed by atoms with Gasteiger partial charge in [-0.1, -0.05) is 18.0 Å². The molecule has 0 fully saturated rings. The molecular formula is C13H28N4O2. The Morgan fingerprint density at radius 2 is 1.74 bits per heavy atom. The van der Waals surface area contributed by atoms with E-state index in [-0.39, 0.29) is 5.91 Å². The van der Waals surface area contributed by atoms with Crippen LogP contribution in [0.2, 0.25) is 0 Å². The molecule has 0 aromatic heterocycles. The van der Waals surface area contributed by atoms with E-state index in [1.165, 1.54) is 19.3 Å². The monoisotopic (exact) mass is 272 g/mol. The minimum atomic E-state index is -0.343. The third-order valence-corrected chi connectivity index (χ3v) is 2.71. The van der Waals surface area contributed by atoms with Crippen LogP contribution in [0.15, 0.2) is 5.16 Å². The highest BCUT2D eigenvalue weighted by molar-refractivity contribution is 6.25. The van der Waals surface area contributed by atoms with Crippen LogP contribution in [-0.4, -0.2) is 62.5 Å². The Kier molecular flexibility index (Phi) is 12.5. The molecule has 3 N–H and O–H groups in total. The minimum absolute atomic E-state index is 0.343. The molecule has 0 saturated heterocycles. The maximum Gasteiger partial charge on any atom is 0.265 e. The molecule has 0 aromatic carbocycles. The average molecular weight is 272 g/mol. The molecule has 112 valence electrons. The number of unbranched alkanes of at least 4 members (excludes halogenated alkanes) is 3. The van der Waals surface area contributed by atoms with Crippen LogP contribution < -0.4 is 10.6 Å². The van der Waals surface area contributed by atoms with Crippen LogP contribution in [0.5, 0.6) is 0 Å². The summed E-state index contributed by atoms with van der Waals surface area (Å²) in [6.45, 7) is 3.91. The van der Waals surface area contributed by atoms with Crippen LogP contribution in [0.1, 0.15) is 32.1 Å². The number of hydrogen-bond acceptors (Lipinski definition) is 5. The van der Waals surface area contributed by atoms with Crippen LogP contribution >= 0.6 is 0 Å². The van der Waals surface area contributed by atoms with Crippen molar-refractivity contribution in [3.8, 4) is 0 Å². The molecule has 6 nitrogen and oxygen atoms in total. The lowest BCUT2D eigenvalue weighted by Crippen LogP contribution is -2.25. The van der Waals surface area contributed by atoms with Gasteiger partial charge in [-0.2, -0.15) is 0 Å². The highest BCUT2D eigenvalue weighted by Gasteiger charge is 1.95. The van der Waals surface area contributed by atoms with E-state index in [9.17, 15) is 4.79 Å². The van der Waals surface area contributed by atoms with E-state index in [0.29, 0.717) is 6.54 Å². The maximum absolute atomic E-state index is 10.9. The molecule has 0 saturated carbocycles. The van der Waals surface area contributed by atoms with E-state index in [2.05, 4.69) is 34.8 Å². The zero-order valence-corrected chi connectivity index (χ0v) is 12.2. The first kappa shape index (κ1) is 17.9. The van der Waals surface area contributed by atoms with Crippen molar-refractivity contribution in [3.05, 3.63) is 0 Å². The zero-order chi connectivity index (χ0) is 14.3. The van der Waals surface area contributed by atoms with Gasteiger partial charge in [0.1, 0.15) is 6.21 Å². The van der Waals surface area contributed by atoms with Gasteiger partial charge in [0.05, 0.1) is 0 Å². The van der Waals surface area contributed by atoms with Crippen LogP contribution in [0.4, 0.5) is 0 Å². The molecule has 0 heterocycles. The second kappa shape index (κ2) is 13.3. The number of nitrogens with zero attached hydrogens (tertiary/aromatic N) is 2. The molecular weight excluding hydrogens is 244 g/mol. The van der Waals surface area contributed by atoms with E-state index >= 15 is 0 Å². The Morgan fingerprint density at radius 3 is 2.37 bits per heavy atom. The van der Waals surface area contributed by atoms with E-state index in [4.69, 9.17) is 5.21 Å². The first-order valence-corrected chi connectivity index (χ1v) is 6.97. The highest BCUT2D eigenvalue weighted by Crippen LogP contribution is 1.97. The van der Waals surface area contributed by atoms with Crippen molar-refractivity contribution >= 4 is 12.1 Å². The predicted octanol–water partition coefficient (Wildman–Crippen LogP) is 0.664. The number of oxime groups is 1. The van der Waals surface area contributed by atoms with E-state index in [1.54, 1.807) is 0 Å². The van der Waals surface area contributed by atoms with Gasteiger partial charge in [0.25, 0.3) is 5.91 Å². The number of amides is 1. The molecule has 0 rings (SSSR count). The molecule has 0 radical (unpaired) electrons. The predicted molar refractivity (Wildman–Crippen MR) is 77.8 cm³/mol. The number of carbonyl (C=O) groups is 1. The smallest absolute Gasteiger partial charge is 0.265 e. The summed E-state index contributed by atoms with van der Waals surface area (Å²) in [5.74, 6) is -0.343. The van der Waals surface area contributed by atoms with Crippen LogP contribution in [-0.2, 0) is 4.79 Å². The Balaban J connectivity index is 3.09. The quantitative estimate of drug-likeness (QED) is 0.211. The van der Waals surface area contributed by atoms with Gasteiger partial charge in [-0.05, 0) is 53.0 Å². The van der Waals surface area contributed by atoms with Gasteiger partial charge in [-0.3, -0.25) is 4.79 Å². The molecule has 0 aliphatic carbocycles. The van der Waals surface area contributed by atoms with Crippen LogP contribution in [0, 0.1) is 0 Å². The molecule has 0 aliphatic rings. The van der Waals surface area contributed by atoms with Gasteiger partial charge in [0.2, 0.25) is 0 Å².